The number of benzene rings is 1. The Kier molecular flexibility index (Phi) is 3.91. The molecule has 0 bridgehead atoms. The molecule has 1 aliphatic heterocycles. The molecule has 1 aromatic carbocycles. The number of fused-ring (bicyclic) bond motifs is 1. The Morgan fingerprint density at radius 2 is 1.88 bits per heavy atom. The van der Waals surface area contributed by atoms with E-state index in [4.69, 9.17) is 0 Å². The first-order chi connectivity index (χ1) is 11.8. The summed E-state index contributed by atoms with van der Waals surface area (Å²) in [6.07, 6.45) is -5.42. The largest absolute Gasteiger partial charge is 0.573 e. The topological polar surface area (TPSA) is 92.7 Å². The van der Waals surface area contributed by atoms with Crippen molar-refractivity contribution in [1.82, 2.24) is 0 Å². The first-order valence-electron chi connectivity index (χ1n) is 7.83. The number of Topliss-reactive ketones (excluding diaryl/α,β-unsaturated/α-hetero) is 2. The van der Waals surface area contributed by atoms with Crippen LogP contribution >= 0.6 is 0 Å². The molecule has 1 heterocycles. The highest BCUT2D eigenvalue weighted by Gasteiger charge is 2.60. The molecule has 0 saturated heterocycles. The number of amides is 1. The molecule has 1 aromatic rings. The van der Waals surface area contributed by atoms with Crippen LogP contribution in [0.5, 0.6) is 5.75 Å². The van der Waals surface area contributed by atoms with Gasteiger partial charge in [-0.1, -0.05) is 13.8 Å². The minimum absolute atomic E-state index is 0.0347. The van der Waals surface area contributed by atoms with E-state index < -0.39 is 47.2 Å². The second kappa shape index (κ2) is 5.54. The van der Waals surface area contributed by atoms with E-state index >= 15 is 0 Å². The zero-order valence-electron chi connectivity index (χ0n) is 13.9. The Morgan fingerprint density at radius 1 is 1.23 bits per heavy atom. The van der Waals surface area contributed by atoms with Gasteiger partial charge < -0.3 is 15.2 Å². The fourth-order valence-electron chi connectivity index (χ4n) is 3.97. The molecule has 0 aromatic heterocycles. The Hall–Kier alpha value is -2.42. The normalized spacial score (nSPS) is 27.9. The summed E-state index contributed by atoms with van der Waals surface area (Å²) in [5.74, 6) is -3.76. The van der Waals surface area contributed by atoms with Crippen molar-refractivity contribution in [3.8, 4) is 5.75 Å². The Morgan fingerprint density at radius 3 is 2.46 bits per heavy atom. The predicted octanol–water partition coefficient (Wildman–Crippen LogP) is 2.30. The average Bonchev–Trinajstić information content (AvgIpc) is 2.67. The van der Waals surface area contributed by atoms with E-state index in [1.54, 1.807) is 13.8 Å². The molecule has 1 saturated carbocycles. The van der Waals surface area contributed by atoms with Crippen LogP contribution in [0.15, 0.2) is 18.2 Å². The van der Waals surface area contributed by atoms with Crippen LogP contribution in [-0.4, -0.2) is 28.9 Å². The molecule has 2 unspecified atom stereocenters. The molecule has 1 aliphatic carbocycles. The second-order valence-corrected chi connectivity index (χ2v) is 7.26. The third-order valence-electron chi connectivity index (χ3n) is 4.78. The number of aliphatic hydroxyl groups is 1. The molecule has 26 heavy (non-hydrogen) atoms. The average molecular weight is 371 g/mol. The maximum absolute atomic E-state index is 12.5. The summed E-state index contributed by atoms with van der Waals surface area (Å²) in [6.45, 7) is 3.12. The van der Waals surface area contributed by atoms with Gasteiger partial charge in [0.1, 0.15) is 17.3 Å². The molecule has 2 N–H and O–H groups in total. The molecule has 9 heteroatoms. The van der Waals surface area contributed by atoms with Gasteiger partial charge in [-0.15, -0.1) is 13.2 Å². The number of ketones is 2. The van der Waals surface area contributed by atoms with Crippen LogP contribution in [0.25, 0.3) is 0 Å². The molecule has 0 spiro atoms. The Labute approximate surface area is 146 Å². The minimum atomic E-state index is -4.95. The quantitative estimate of drug-likeness (QED) is 0.779. The lowest BCUT2D eigenvalue weighted by Crippen LogP contribution is -2.54. The van der Waals surface area contributed by atoms with E-state index in [0.29, 0.717) is 0 Å². The number of anilines is 1. The molecule has 1 amide bonds. The van der Waals surface area contributed by atoms with E-state index in [9.17, 15) is 32.7 Å². The van der Waals surface area contributed by atoms with Gasteiger partial charge in [0, 0.05) is 17.7 Å². The van der Waals surface area contributed by atoms with Crippen molar-refractivity contribution in [2.75, 3.05) is 5.32 Å². The van der Waals surface area contributed by atoms with Crippen molar-refractivity contribution in [2.24, 2.45) is 11.3 Å². The summed E-state index contributed by atoms with van der Waals surface area (Å²) in [6, 6.07) is 3.05. The summed E-state index contributed by atoms with van der Waals surface area (Å²) in [5, 5.41) is 13.6. The summed E-state index contributed by atoms with van der Waals surface area (Å²) in [4.78, 5) is 36.8. The van der Waals surface area contributed by atoms with Crippen LogP contribution < -0.4 is 10.1 Å². The first-order valence-corrected chi connectivity index (χ1v) is 7.83. The number of nitrogens with one attached hydrogen (secondary N) is 1. The van der Waals surface area contributed by atoms with Crippen molar-refractivity contribution in [3.05, 3.63) is 23.8 Å². The van der Waals surface area contributed by atoms with Crippen molar-refractivity contribution in [3.63, 3.8) is 0 Å². The van der Waals surface area contributed by atoms with Gasteiger partial charge in [-0.2, -0.15) is 0 Å². The highest BCUT2D eigenvalue weighted by molar-refractivity contribution is 6.11. The Balaban J connectivity index is 2.11. The van der Waals surface area contributed by atoms with Gasteiger partial charge in [-0.05, 0) is 23.6 Å². The molecule has 0 radical (unpaired) electrons. The van der Waals surface area contributed by atoms with Crippen LogP contribution in [0.4, 0.5) is 18.9 Å². The fourth-order valence-corrected chi connectivity index (χ4v) is 3.97. The summed E-state index contributed by atoms with van der Waals surface area (Å²) >= 11 is 0. The van der Waals surface area contributed by atoms with Gasteiger partial charge in [0.15, 0.2) is 5.60 Å². The van der Waals surface area contributed by atoms with Crippen molar-refractivity contribution in [1.29, 1.82) is 0 Å². The lowest BCUT2D eigenvalue weighted by molar-refractivity contribution is -0.274. The van der Waals surface area contributed by atoms with Crippen LogP contribution in [0.1, 0.15) is 32.3 Å². The monoisotopic (exact) mass is 371 g/mol. The number of alkyl halides is 3. The van der Waals surface area contributed by atoms with Gasteiger partial charge in [0.25, 0.3) is 5.91 Å². The highest BCUT2D eigenvalue weighted by Crippen LogP contribution is 2.52. The number of hydrogen-bond donors (Lipinski definition) is 2. The van der Waals surface area contributed by atoms with Crippen LogP contribution in [0, 0.1) is 11.3 Å². The number of rotatable bonds is 2. The van der Waals surface area contributed by atoms with Gasteiger partial charge in [0.05, 0.1) is 12.3 Å². The molecular weight excluding hydrogens is 355 g/mol. The minimum Gasteiger partial charge on any atom is -0.406 e. The van der Waals surface area contributed by atoms with E-state index in [1.165, 1.54) is 0 Å². The van der Waals surface area contributed by atoms with Crippen LogP contribution in [0.3, 0.4) is 0 Å². The van der Waals surface area contributed by atoms with Gasteiger partial charge in [0.2, 0.25) is 0 Å². The fraction of sp³-hybridized carbons (Fsp3) is 0.471. The summed E-state index contributed by atoms with van der Waals surface area (Å²) in [5.41, 5.74) is -3.53. The second-order valence-electron chi connectivity index (χ2n) is 7.26. The number of carbonyl (C=O) groups excluding carboxylic acids is 3. The van der Waals surface area contributed by atoms with Gasteiger partial charge in [-0.3, -0.25) is 14.4 Å². The maximum atomic E-state index is 12.5. The predicted molar refractivity (Wildman–Crippen MR) is 82.2 cm³/mol. The van der Waals surface area contributed by atoms with Gasteiger partial charge >= 0.3 is 6.36 Å². The van der Waals surface area contributed by atoms with Gasteiger partial charge in [-0.25, -0.2) is 0 Å². The number of carbonyl (C=O) groups is 3. The van der Waals surface area contributed by atoms with E-state index in [2.05, 4.69) is 10.1 Å². The SMILES string of the molecule is CC1(C)CC(=O)CC(=O)C1C1(O)C(=O)Nc2ccc(OC(F)(F)F)cc21. The van der Waals surface area contributed by atoms with Crippen molar-refractivity contribution in [2.45, 2.75) is 38.7 Å². The van der Waals surface area contributed by atoms with Crippen LogP contribution in [0.2, 0.25) is 0 Å². The van der Waals surface area contributed by atoms with Crippen LogP contribution in [-0.2, 0) is 20.0 Å². The standard InChI is InChI=1S/C17H16F3NO5/c1-15(2)7-8(22)5-12(23)13(15)16(25)10-6-9(26-17(18,19)20)3-4-11(10)21-14(16)24/h3-4,6,13,25H,5,7H2,1-2H3,(H,21,24). The zero-order chi connectivity index (χ0) is 19.5. The summed E-state index contributed by atoms with van der Waals surface area (Å²) in [7, 11) is 0. The molecule has 140 valence electrons. The first kappa shape index (κ1) is 18.4. The maximum Gasteiger partial charge on any atom is 0.573 e. The molecule has 6 nitrogen and oxygen atoms in total. The molecule has 2 aliphatic rings. The Bertz CT molecular complexity index is 817. The molecule has 2 atom stereocenters. The highest BCUT2D eigenvalue weighted by atomic mass is 19.4. The number of hydrogen-bond acceptors (Lipinski definition) is 5. The lowest BCUT2D eigenvalue weighted by Gasteiger charge is -2.43. The third kappa shape index (κ3) is 2.86. The van der Waals surface area contributed by atoms with E-state index in [1.807, 2.05) is 0 Å². The smallest absolute Gasteiger partial charge is 0.406 e. The van der Waals surface area contributed by atoms with Crippen molar-refractivity contribution < 1.29 is 37.4 Å². The lowest BCUT2D eigenvalue weighted by atomic mass is 9.60. The van der Waals surface area contributed by atoms with E-state index in [0.717, 1.165) is 18.2 Å². The number of halogens is 3. The van der Waals surface area contributed by atoms with E-state index in [-0.39, 0.29) is 23.5 Å². The van der Waals surface area contributed by atoms with Crippen molar-refractivity contribution >= 4 is 23.2 Å². The molecule has 1 fully saturated rings. The molecule has 3 rings (SSSR count). The molecular formula is C17H16F3NO5. The third-order valence-corrected chi connectivity index (χ3v) is 4.78. The zero-order valence-corrected chi connectivity index (χ0v) is 13.9. The number of ether oxygens (including phenoxy) is 1. The summed E-state index contributed by atoms with van der Waals surface area (Å²) < 4.78 is 41.3.